The van der Waals surface area contributed by atoms with Crippen molar-refractivity contribution in [2.75, 3.05) is 6.54 Å². The summed E-state index contributed by atoms with van der Waals surface area (Å²) in [4.78, 5) is 12.1. The molecule has 124 valence electrons. The van der Waals surface area contributed by atoms with E-state index in [0.29, 0.717) is 5.76 Å². The van der Waals surface area contributed by atoms with E-state index in [1.165, 1.54) is 11.8 Å². The monoisotopic (exact) mass is 316 g/mol. The van der Waals surface area contributed by atoms with Gasteiger partial charge in [0.15, 0.2) is 0 Å². The van der Waals surface area contributed by atoms with E-state index in [4.69, 9.17) is 4.42 Å². The summed E-state index contributed by atoms with van der Waals surface area (Å²) in [5.74, 6) is 0.425. The highest BCUT2D eigenvalue weighted by atomic mass is 16.4. The molecular weight excluding hydrogens is 292 g/mol. The molecule has 1 aromatic heterocycles. The van der Waals surface area contributed by atoms with Crippen molar-refractivity contribution < 1.29 is 14.3 Å². The third kappa shape index (κ3) is 5.14. The first-order valence-corrected chi connectivity index (χ1v) is 7.86. The maximum Gasteiger partial charge on any atom is 0.315 e. The first-order valence-electron chi connectivity index (χ1n) is 7.86. The number of urea groups is 1. The first-order chi connectivity index (χ1) is 11.0. The molecule has 2 unspecified atom stereocenters. The van der Waals surface area contributed by atoms with E-state index in [-0.39, 0.29) is 18.6 Å². The average molecular weight is 316 g/mol. The highest BCUT2D eigenvalue weighted by Crippen LogP contribution is 2.19. The molecule has 2 rings (SSSR count). The molecule has 5 heteroatoms. The Hall–Kier alpha value is -2.27. The standard InChI is InChI=1S/C18H24N2O3/c1-3-15(12-14-8-5-4-6-9-14)20-17(21)19-13-18(2,22)16-10-7-11-23-16/h4-11,15,22H,3,12-13H2,1-2H3,(H2,19,20,21). The van der Waals surface area contributed by atoms with Crippen molar-refractivity contribution in [3.63, 3.8) is 0 Å². The van der Waals surface area contributed by atoms with Crippen LogP contribution in [0.1, 0.15) is 31.6 Å². The minimum atomic E-state index is -1.23. The van der Waals surface area contributed by atoms with E-state index < -0.39 is 5.60 Å². The number of hydrogen-bond acceptors (Lipinski definition) is 3. The van der Waals surface area contributed by atoms with Crippen molar-refractivity contribution >= 4 is 6.03 Å². The second-order valence-corrected chi connectivity index (χ2v) is 5.87. The van der Waals surface area contributed by atoms with Crippen molar-refractivity contribution in [2.24, 2.45) is 0 Å². The Balaban J connectivity index is 1.83. The van der Waals surface area contributed by atoms with Gasteiger partial charge < -0.3 is 20.2 Å². The van der Waals surface area contributed by atoms with Gasteiger partial charge in [-0.25, -0.2) is 4.79 Å². The molecule has 23 heavy (non-hydrogen) atoms. The maximum absolute atomic E-state index is 12.1. The molecule has 0 aliphatic rings. The van der Waals surface area contributed by atoms with Crippen LogP contribution in [0.2, 0.25) is 0 Å². The number of benzene rings is 1. The van der Waals surface area contributed by atoms with E-state index in [1.807, 2.05) is 37.3 Å². The van der Waals surface area contributed by atoms with E-state index in [2.05, 4.69) is 10.6 Å². The van der Waals surface area contributed by atoms with Gasteiger partial charge in [-0.3, -0.25) is 0 Å². The smallest absolute Gasteiger partial charge is 0.315 e. The van der Waals surface area contributed by atoms with Gasteiger partial charge in [0.05, 0.1) is 12.8 Å². The average Bonchev–Trinajstić information content (AvgIpc) is 3.09. The first kappa shape index (κ1) is 17.1. The molecule has 0 aliphatic heterocycles. The third-order valence-electron chi connectivity index (χ3n) is 3.80. The quantitative estimate of drug-likeness (QED) is 0.735. The van der Waals surface area contributed by atoms with Crippen LogP contribution in [0.4, 0.5) is 4.79 Å². The molecule has 0 aliphatic carbocycles. The molecule has 0 saturated heterocycles. The lowest BCUT2D eigenvalue weighted by atomic mass is 10.0. The summed E-state index contributed by atoms with van der Waals surface area (Å²) in [5, 5.41) is 16.0. The summed E-state index contributed by atoms with van der Waals surface area (Å²) in [6.07, 6.45) is 3.10. The number of nitrogens with one attached hydrogen (secondary N) is 2. The summed E-state index contributed by atoms with van der Waals surface area (Å²) < 4.78 is 5.19. The Morgan fingerprint density at radius 2 is 2.00 bits per heavy atom. The van der Waals surface area contributed by atoms with E-state index in [9.17, 15) is 9.90 Å². The molecule has 2 amide bonds. The lowest BCUT2D eigenvalue weighted by Crippen LogP contribution is -2.47. The van der Waals surface area contributed by atoms with Gasteiger partial charge in [-0.05, 0) is 37.5 Å². The predicted molar refractivity (Wildman–Crippen MR) is 89.0 cm³/mol. The minimum Gasteiger partial charge on any atom is -0.466 e. The fraction of sp³-hybridized carbons (Fsp3) is 0.389. The number of carbonyl (C=O) groups excluding carboxylic acids is 1. The minimum absolute atomic E-state index is 0.0472. The zero-order valence-corrected chi connectivity index (χ0v) is 13.6. The maximum atomic E-state index is 12.1. The van der Waals surface area contributed by atoms with Crippen molar-refractivity contribution in [1.29, 1.82) is 0 Å². The van der Waals surface area contributed by atoms with Gasteiger partial charge in [-0.1, -0.05) is 37.3 Å². The number of amides is 2. The fourth-order valence-corrected chi connectivity index (χ4v) is 2.36. The van der Waals surface area contributed by atoms with Crippen molar-refractivity contribution in [1.82, 2.24) is 10.6 Å². The summed E-state index contributed by atoms with van der Waals surface area (Å²) in [6.45, 7) is 3.72. The van der Waals surface area contributed by atoms with E-state index >= 15 is 0 Å². The largest absolute Gasteiger partial charge is 0.466 e. The van der Waals surface area contributed by atoms with Crippen LogP contribution in [0, 0.1) is 0 Å². The molecular formula is C18H24N2O3. The van der Waals surface area contributed by atoms with Gasteiger partial charge in [0.1, 0.15) is 11.4 Å². The Bertz CT molecular complexity index is 594. The second kappa shape index (κ2) is 7.83. The summed E-state index contributed by atoms with van der Waals surface area (Å²) in [6, 6.07) is 13.2. The van der Waals surface area contributed by atoms with Gasteiger partial charge in [0, 0.05) is 6.04 Å². The summed E-state index contributed by atoms with van der Waals surface area (Å²) in [5.41, 5.74) is -0.0515. The normalized spacial score (nSPS) is 14.7. The highest BCUT2D eigenvalue weighted by molar-refractivity contribution is 5.74. The third-order valence-corrected chi connectivity index (χ3v) is 3.80. The SMILES string of the molecule is CCC(Cc1ccccc1)NC(=O)NCC(C)(O)c1ccco1. The Labute approximate surface area is 136 Å². The molecule has 0 spiro atoms. The fourth-order valence-electron chi connectivity index (χ4n) is 2.36. The Morgan fingerprint density at radius 1 is 1.26 bits per heavy atom. The summed E-state index contributed by atoms with van der Waals surface area (Å²) in [7, 11) is 0. The zero-order valence-electron chi connectivity index (χ0n) is 13.6. The number of carbonyl (C=O) groups is 1. The number of hydrogen-bond donors (Lipinski definition) is 3. The van der Waals surface area contributed by atoms with Gasteiger partial charge in [0.25, 0.3) is 0 Å². The van der Waals surface area contributed by atoms with E-state index in [1.54, 1.807) is 19.1 Å². The number of rotatable bonds is 7. The van der Waals surface area contributed by atoms with Crippen molar-refractivity contribution in [3.8, 4) is 0 Å². The molecule has 2 atom stereocenters. The second-order valence-electron chi connectivity index (χ2n) is 5.87. The molecule has 0 bridgehead atoms. The molecule has 0 saturated carbocycles. The number of furan rings is 1. The molecule has 3 N–H and O–H groups in total. The highest BCUT2D eigenvalue weighted by Gasteiger charge is 2.27. The molecule has 1 heterocycles. The van der Waals surface area contributed by atoms with E-state index in [0.717, 1.165) is 12.8 Å². The van der Waals surface area contributed by atoms with Crippen LogP contribution in [0.15, 0.2) is 53.1 Å². The predicted octanol–water partition coefficient (Wildman–Crippen LogP) is 2.81. The van der Waals surface area contributed by atoms with Crippen LogP contribution in [0.5, 0.6) is 0 Å². The van der Waals surface area contributed by atoms with Crippen molar-refractivity contribution in [2.45, 2.75) is 38.3 Å². The van der Waals surface area contributed by atoms with Gasteiger partial charge in [0.2, 0.25) is 0 Å². The molecule has 1 aromatic carbocycles. The Morgan fingerprint density at radius 3 is 2.61 bits per heavy atom. The van der Waals surface area contributed by atoms with Crippen LogP contribution in [-0.4, -0.2) is 23.7 Å². The van der Waals surface area contributed by atoms with Crippen LogP contribution < -0.4 is 10.6 Å². The van der Waals surface area contributed by atoms with Gasteiger partial charge >= 0.3 is 6.03 Å². The zero-order chi connectivity index (χ0) is 16.7. The van der Waals surface area contributed by atoms with Gasteiger partial charge in [-0.2, -0.15) is 0 Å². The Kier molecular flexibility index (Phi) is 5.82. The van der Waals surface area contributed by atoms with Crippen LogP contribution in [0.25, 0.3) is 0 Å². The molecule has 0 fully saturated rings. The number of aliphatic hydroxyl groups is 1. The van der Waals surface area contributed by atoms with Gasteiger partial charge in [-0.15, -0.1) is 0 Å². The molecule has 2 aromatic rings. The topological polar surface area (TPSA) is 74.5 Å². The summed E-state index contributed by atoms with van der Waals surface area (Å²) >= 11 is 0. The lowest BCUT2D eigenvalue weighted by molar-refractivity contribution is 0.0366. The van der Waals surface area contributed by atoms with Crippen LogP contribution >= 0.6 is 0 Å². The van der Waals surface area contributed by atoms with Crippen LogP contribution in [0.3, 0.4) is 0 Å². The molecule has 5 nitrogen and oxygen atoms in total. The lowest BCUT2D eigenvalue weighted by Gasteiger charge is -2.23. The van der Waals surface area contributed by atoms with Crippen LogP contribution in [-0.2, 0) is 12.0 Å². The molecule has 0 radical (unpaired) electrons. The van der Waals surface area contributed by atoms with Crippen molar-refractivity contribution in [3.05, 3.63) is 60.1 Å².